The number of para-hydroxylation sites is 1. The summed E-state index contributed by atoms with van der Waals surface area (Å²) >= 11 is 0. The van der Waals surface area contributed by atoms with Crippen LogP contribution < -0.4 is 10.2 Å². The van der Waals surface area contributed by atoms with E-state index in [2.05, 4.69) is 36.5 Å². The lowest BCUT2D eigenvalue weighted by Crippen LogP contribution is -2.52. The Morgan fingerprint density at radius 1 is 1.04 bits per heavy atom. The summed E-state index contributed by atoms with van der Waals surface area (Å²) in [4.78, 5) is 16.1. The Labute approximate surface area is 148 Å². The molecule has 1 aliphatic heterocycles. The second-order valence-corrected chi connectivity index (χ2v) is 6.39. The van der Waals surface area contributed by atoms with E-state index in [1.165, 1.54) is 17.2 Å². The molecule has 4 nitrogen and oxygen atoms in total. The molecule has 1 saturated heterocycles. The van der Waals surface area contributed by atoms with Gasteiger partial charge >= 0.3 is 6.03 Å². The summed E-state index contributed by atoms with van der Waals surface area (Å²) in [6, 6.07) is 15.1. The minimum atomic E-state index is -0.210. The van der Waals surface area contributed by atoms with Crippen LogP contribution >= 0.6 is 0 Å². The van der Waals surface area contributed by atoms with Crippen LogP contribution in [0.4, 0.5) is 14.9 Å². The maximum Gasteiger partial charge on any atom is 0.317 e. The van der Waals surface area contributed by atoms with Crippen molar-refractivity contribution in [2.24, 2.45) is 0 Å². The first-order chi connectivity index (χ1) is 12.1. The molecule has 0 aliphatic carbocycles. The molecule has 25 heavy (non-hydrogen) atoms. The average molecular weight is 341 g/mol. The predicted molar refractivity (Wildman–Crippen MR) is 98.5 cm³/mol. The summed E-state index contributed by atoms with van der Waals surface area (Å²) in [5.41, 5.74) is 3.07. The molecule has 0 saturated carbocycles. The van der Waals surface area contributed by atoms with Crippen molar-refractivity contribution in [3.05, 3.63) is 65.5 Å². The second-order valence-electron chi connectivity index (χ2n) is 6.39. The molecule has 0 spiro atoms. The normalized spacial score (nSPS) is 14.5. The number of amides is 2. The van der Waals surface area contributed by atoms with Crippen LogP contribution in [-0.2, 0) is 6.42 Å². The molecule has 0 atom stereocenters. The fourth-order valence-electron chi connectivity index (χ4n) is 3.04. The number of halogens is 1. The molecule has 0 bridgehead atoms. The van der Waals surface area contributed by atoms with Gasteiger partial charge in [-0.3, -0.25) is 0 Å². The molecule has 2 amide bonds. The molecular formula is C20H24FN3O. The van der Waals surface area contributed by atoms with E-state index in [0.717, 1.165) is 6.42 Å². The largest absolute Gasteiger partial charge is 0.366 e. The van der Waals surface area contributed by atoms with E-state index in [4.69, 9.17) is 0 Å². The Balaban J connectivity index is 1.44. The molecule has 0 aromatic heterocycles. The second kappa shape index (κ2) is 8.01. The molecule has 5 heteroatoms. The van der Waals surface area contributed by atoms with Crippen LogP contribution in [0.25, 0.3) is 0 Å². The number of urea groups is 1. The van der Waals surface area contributed by atoms with Gasteiger partial charge < -0.3 is 15.1 Å². The summed E-state index contributed by atoms with van der Waals surface area (Å²) in [6.07, 6.45) is 0.821. The van der Waals surface area contributed by atoms with Crippen LogP contribution in [-0.4, -0.2) is 43.7 Å². The van der Waals surface area contributed by atoms with E-state index in [1.807, 2.05) is 11.0 Å². The predicted octanol–water partition coefficient (Wildman–Crippen LogP) is 3.21. The van der Waals surface area contributed by atoms with Gasteiger partial charge in [-0.1, -0.05) is 42.0 Å². The van der Waals surface area contributed by atoms with Crippen molar-refractivity contribution >= 4 is 11.7 Å². The molecule has 132 valence electrons. The van der Waals surface area contributed by atoms with Crippen LogP contribution in [0.2, 0.25) is 0 Å². The topological polar surface area (TPSA) is 35.6 Å². The van der Waals surface area contributed by atoms with E-state index in [9.17, 15) is 9.18 Å². The average Bonchev–Trinajstić information content (AvgIpc) is 2.64. The highest BCUT2D eigenvalue weighted by atomic mass is 19.1. The van der Waals surface area contributed by atoms with Gasteiger partial charge in [-0.15, -0.1) is 0 Å². The highest BCUT2D eigenvalue weighted by Crippen LogP contribution is 2.20. The Bertz CT molecular complexity index is 709. The van der Waals surface area contributed by atoms with Gasteiger partial charge in [0.2, 0.25) is 0 Å². The minimum Gasteiger partial charge on any atom is -0.366 e. The zero-order valence-electron chi connectivity index (χ0n) is 14.5. The fraction of sp³-hybridized carbons (Fsp3) is 0.350. The van der Waals surface area contributed by atoms with Gasteiger partial charge in [0.25, 0.3) is 0 Å². The van der Waals surface area contributed by atoms with E-state index in [1.54, 1.807) is 17.0 Å². The lowest BCUT2D eigenvalue weighted by atomic mass is 10.1. The first kappa shape index (κ1) is 17.3. The van der Waals surface area contributed by atoms with Crippen LogP contribution in [0.5, 0.6) is 0 Å². The van der Waals surface area contributed by atoms with E-state index in [0.29, 0.717) is 38.4 Å². The fourth-order valence-corrected chi connectivity index (χ4v) is 3.04. The highest BCUT2D eigenvalue weighted by molar-refractivity contribution is 5.74. The third-order valence-corrected chi connectivity index (χ3v) is 4.57. The molecule has 0 unspecified atom stereocenters. The van der Waals surface area contributed by atoms with Gasteiger partial charge in [-0.05, 0) is 31.0 Å². The highest BCUT2D eigenvalue weighted by Gasteiger charge is 2.22. The maximum absolute atomic E-state index is 13.8. The van der Waals surface area contributed by atoms with Crippen LogP contribution in [0.15, 0.2) is 48.5 Å². The Morgan fingerprint density at radius 3 is 2.40 bits per heavy atom. The van der Waals surface area contributed by atoms with Crippen molar-refractivity contribution in [1.29, 1.82) is 0 Å². The van der Waals surface area contributed by atoms with E-state index < -0.39 is 0 Å². The van der Waals surface area contributed by atoms with Crippen LogP contribution in [0.3, 0.4) is 0 Å². The summed E-state index contributed by atoms with van der Waals surface area (Å²) in [7, 11) is 0. The molecule has 0 radical (unpaired) electrons. The molecule has 1 heterocycles. The number of anilines is 1. The molecule has 1 N–H and O–H groups in total. The Kier molecular flexibility index (Phi) is 5.53. The number of benzene rings is 2. The van der Waals surface area contributed by atoms with Crippen molar-refractivity contribution in [2.75, 3.05) is 37.6 Å². The first-order valence-corrected chi connectivity index (χ1v) is 8.71. The van der Waals surface area contributed by atoms with Gasteiger partial charge in [-0.25, -0.2) is 9.18 Å². The first-order valence-electron chi connectivity index (χ1n) is 8.71. The van der Waals surface area contributed by atoms with Crippen molar-refractivity contribution in [1.82, 2.24) is 10.2 Å². The van der Waals surface area contributed by atoms with Crippen LogP contribution in [0, 0.1) is 12.7 Å². The number of rotatable bonds is 4. The monoisotopic (exact) mass is 341 g/mol. The molecular weight excluding hydrogens is 317 g/mol. The number of nitrogens with one attached hydrogen (secondary N) is 1. The number of carbonyl (C=O) groups excluding carboxylic acids is 1. The Hall–Kier alpha value is -2.56. The summed E-state index contributed by atoms with van der Waals surface area (Å²) in [5, 5.41) is 2.98. The zero-order chi connectivity index (χ0) is 17.6. The minimum absolute atomic E-state index is 0.0414. The molecule has 2 aromatic rings. The molecule has 1 aliphatic rings. The smallest absolute Gasteiger partial charge is 0.317 e. The van der Waals surface area contributed by atoms with Gasteiger partial charge in [0.15, 0.2) is 0 Å². The van der Waals surface area contributed by atoms with Gasteiger partial charge in [0, 0.05) is 32.7 Å². The molecule has 1 fully saturated rings. The lowest BCUT2D eigenvalue weighted by Gasteiger charge is -2.36. The van der Waals surface area contributed by atoms with Crippen molar-refractivity contribution in [3.63, 3.8) is 0 Å². The Morgan fingerprint density at radius 2 is 1.72 bits per heavy atom. The lowest BCUT2D eigenvalue weighted by molar-refractivity contribution is 0.194. The number of piperazine rings is 1. The summed E-state index contributed by atoms with van der Waals surface area (Å²) in [5.74, 6) is -0.210. The van der Waals surface area contributed by atoms with Crippen molar-refractivity contribution < 1.29 is 9.18 Å². The number of hydrogen-bond donors (Lipinski definition) is 1. The number of aryl methyl sites for hydroxylation is 1. The molecule has 2 aromatic carbocycles. The SMILES string of the molecule is Cc1ccc(CCNC(=O)N2CCN(c3ccccc3F)CC2)cc1. The maximum atomic E-state index is 13.8. The van der Waals surface area contributed by atoms with Gasteiger partial charge in [0.05, 0.1) is 5.69 Å². The van der Waals surface area contributed by atoms with E-state index >= 15 is 0 Å². The van der Waals surface area contributed by atoms with Gasteiger partial charge in [0.1, 0.15) is 5.82 Å². The summed E-state index contributed by atoms with van der Waals surface area (Å²) in [6.45, 7) is 5.18. The third-order valence-electron chi connectivity index (χ3n) is 4.57. The van der Waals surface area contributed by atoms with Crippen LogP contribution in [0.1, 0.15) is 11.1 Å². The zero-order valence-corrected chi connectivity index (χ0v) is 14.5. The number of carbonyl (C=O) groups is 1. The number of hydrogen-bond acceptors (Lipinski definition) is 2. The van der Waals surface area contributed by atoms with Crippen molar-refractivity contribution in [3.8, 4) is 0 Å². The molecule has 3 rings (SSSR count). The standard InChI is InChI=1S/C20H24FN3O/c1-16-6-8-17(9-7-16)10-11-22-20(25)24-14-12-23(13-15-24)19-5-3-2-4-18(19)21/h2-9H,10-15H2,1H3,(H,22,25). The summed E-state index contributed by atoms with van der Waals surface area (Å²) < 4.78 is 13.8. The van der Waals surface area contributed by atoms with Crippen molar-refractivity contribution in [2.45, 2.75) is 13.3 Å². The number of nitrogens with zero attached hydrogens (tertiary/aromatic N) is 2. The quantitative estimate of drug-likeness (QED) is 0.927. The third kappa shape index (κ3) is 4.50. The van der Waals surface area contributed by atoms with Gasteiger partial charge in [-0.2, -0.15) is 0 Å². The van der Waals surface area contributed by atoms with E-state index in [-0.39, 0.29) is 11.8 Å².